The largest absolute Gasteiger partial charge is 0.345 e. The van der Waals surface area contributed by atoms with Gasteiger partial charge in [-0.2, -0.15) is 0 Å². The van der Waals surface area contributed by atoms with Crippen LogP contribution in [0.25, 0.3) is 0 Å². The smallest absolute Gasteiger partial charge is 0.253 e. The van der Waals surface area contributed by atoms with Gasteiger partial charge in [0.2, 0.25) is 11.8 Å². The van der Waals surface area contributed by atoms with E-state index in [0.29, 0.717) is 35.3 Å². The Morgan fingerprint density at radius 2 is 0.944 bits per heavy atom. The number of unbranched alkanes of at least 4 members (excludes halogenated alkanes) is 5. The number of benzene rings is 2. The van der Waals surface area contributed by atoms with Crippen LogP contribution in [-0.4, -0.2) is 61.6 Å². The number of rotatable bonds is 13. The van der Waals surface area contributed by atoms with Crippen molar-refractivity contribution in [2.45, 2.75) is 51.4 Å². The molecule has 36 heavy (non-hydrogen) atoms. The number of hydrogen-bond acceptors (Lipinski definition) is 4. The second-order valence-corrected chi connectivity index (χ2v) is 9.28. The molecule has 0 atom stereocenters. The zero-order valence-electron chi connectivity index (χ0n) is 21.8. The lowest BCUT2D eigenvalue weighted by molar-refractivity contribution is -0.117. The molecule has 0 spiro atoms. The van der Waals surface area contributed by atoms with Gasteiger partial charge >= 0.3 is 0 Å². The summed E-state index contributed by atoms with van der Waals surface area (Å²) < 4.78 is 0. The van der Waals surface area contributed by atoms with Crippen LogP contribution >= 0.6 is 0 Å². The molecule has 0 saturated carbocycles. The van der Waals surface area contributed by atoms with Gasteiger partial charge in [0.1, 0.15) is 0 Å². The molecule has 0 bridgehead atoms. The molecule has 0 saturated heterocycles. The van der Waals surface area contributed by atoms with Crippen molar-refractivity contribution in [2.75, 3.05) is 38.8 Å². The first-order valence-electron chi connectivity index (χ1n) is 12.4. The summed E-state index contributed by atoms with van der Waals surface area (Å²) in [6, 6.07) is 13.9. The van der Waals surface area contributed by atoms with Gasteiger partial charge in [0.25, 0.3) is 11.8 Å². The lowest BCUT2D eigenvalue weighted by atomic mass is 10.1. The normalized spacial score (nSPS) is 10.4. The first-order chi connectivity index (χ1) is 17.2. The molecule has 8 nitrogen and oxygen atoms in total. The van der Waals surface area contributed by atoms with Crippen LogP contribution in [-0.2, 0) is 9.59 Å². The fraction of sp³-hybridized carbons (Fsp3) is 0.429. The molecule has 0 unspecified atom stereocenters. The minimum atomic E-state index is -0.103. The summed E-state index contributed by atoms with van der Waals surface area (Å²) in [6.45, 7) is 0. The van der Waals surface area contributed by atoms with Gasteiger partial charge in [-0.1, -0.05) is 37.8 Å². The van der Waals surface area contributed by atoms with E-state index in [0.717, 1.165) is 38.5 Å². The Kier molecular flexibility index (Phi) is 11.6. The highest BCUT2D eigenvalue weighted by Crippen LogP contribution is 2.15. The molecule has 0 aliphatic heterocycles. The van der Waals surface area contributed by atoms with Crippen LogP contribution in [0.4, 0.5) is 11.4 Å². The maximum absolute atomic E-state index is 12.2. The monoisotopic (exact) mass is 494 g/mol. The van der Waals surface area contributed by atoms with Gasteiger partial charge in [-0.05, 0) is 49.2 Å². The summed E-state index contributed by atoms with van der Waals surface area (Å²) in [5.74, 6) is -0.321. The fourth-order valence-electron chi connectivity index (χ4n) is 3.70. The predicted octanol–water partition coefficient (Wildman–Crippen LogP) is 4.79. The Hall–Kier alpha value is -3.68. The highest BCUT2D eigenvalue weighted by molar-refractivity contribution is 5.97. The number of carbonyl (C=O) groups excluding carboxylic acids is 4. The van der Waals surface area contributed by atoms with Gasteiger partial charge in [-0.15, -0.1) is 0 Å². The first kappa shape index (κ1) is 28.6. The van der Waals surface area contributed by atoms with Gasteiger partial charge in [0.05, 0.1) is 0 Å². The Morgan fingerprint density at radius 3 is 1.31 bits per heavy atom. The van der Waals surface area contributed by atoms with Crippen molar-refractivity contribution < 1.29 is 19.2 Å². The van der Waals surface area contributed by atoms with Gasteiger partial charge in [0, 0.05) is 63.5 Å². The Morgan fingerprint density at radius 1 is 0.583 bits per heavy atom. The predicted molar refractivity (Wildman–Crippen MR) is 143 cm³/mol. The summed E-state index contributed by atoms with van der Waals surface area (Å²) in [5.41, 5.74) is 2.34. The fourth-order valence-corrected chi connectivity index (χ4v) is 3.70. The van der Waals surface area contributed by atoms with E-state index in [1.54, 1.807) is 76.7 Å². The number of hydrogen-bond donors (Lipinski definition) is 2. The van der Waals surface area contributed by atoms with E-state index in [1.165, 1.54) is 9.80 Å². The lowest BCUT2D eigenvalue weighted by Gasteiger charge is -2.12. The first-order valence-corrected chi connectivity index (χ1v) is 12.4. The lowest BCUT2D eigenvalue weighted by Crippen LogP contribution is -2.21. The molecule has 2 aromatic rings. The van der Waals surface area contributed by atoms with Crippen molar-refractivity contribution in [1.29, 1.82) is 0 Å². The standard InChI is InChI=1S/C28H38N4O4/c1-31(2)27(35)21-13-11-15-23(19-21)29-25(33)17-9-7-5-6-8-10-18-26(34)30-24-16-12-14-22(20-24)28(36)32(3)4/h11-16,19-20H,5-10,17-18H2,1-4H3,(H,29,33)(H,30,34). The Balaban J connectivity index is 1.57. The van der Waals surface area contributed by atoms with Crippen molar-refractivity contribution >= 4 is 35.0 Å². The second kappa shape index (κ2) is 14.7. The Bertz CT molecular complexity index is 966. The number of carbonyl (C=O) groups is 4. The minimum Gasteiger partial charge on any atom is -0.345 e. The van der Waals surface area contributed by atoms with E-state index in [-0.39, 0.29) is 23.6 Å². The van der Waals surface area contributed by atoms with Crippen LogP contribution in [0.3, 0.4) is 0 Å². The van der Waals surface area contributed by atoms with Gasteiger partial charge in [0.15, 0.2) is 0 Å². The van der Waals surface area contributed by atoms with E-state index in [9.17, 15) is 19.2 Å². The number of nitrogens with one attached hydrogen (secondary N) is 2. The molecule has 0 aliphatic carbocycles. The molecule has 0 heterocycles. The maximum Gasteiger partial charge on any atom is 0.253 e. The third-order valence-corrected chi connectivity index (χ3v) is 5.66. The van der Waals surface area contributed by atoms with Gasteiger partial charge in [-0.25, -0.2) is 0 Å². The third-order valence-electron chi connectivity index (χ3n) is 5.66. The van der Waals surface area contributed by atoms with E-state index >= 15 is 0 Å². The van der Waals surface area contributed by atoms with Gasteiger partial charge < -0.3 is 20.4 Å². The van der Waals surface area contributed by atoms with Crippen LogP contribution in [0.15, 0.2) is 48.5 Å². The van der Waals surface area contributed by atoms with Crippen molar-refractivity contribution in [3.8, 4) is 0 Å². The summed E-state index contributed by atoms with van der Waals surface area (Å²) in [7, 11) is 6.77. The highest BCUT2D eigenvalue weighted by atomic mass is 16.2. The SMILES string of the molecule is CN(C)C(=O)c1cccc(NC(=O)CCCCCCCCC(=O)Nc2cccc(C(=O)N(C)C)c2)c1. The molecule has 2 aromatic carbocycles. The topological polar surface area (TPSA) is 98.8 Å². The van der Waals surface area contributed by atoms with Crippen LogP contribution in [0.2, 0.25) is 0 Å². The van der Waals surface area contributed by atoms with Gasteiger partial charge in [-0.3, -0.25) is 19.2 Å². The summed E-state index contributed by atoms with van der Waals surface area (Å²) in [4.78, 5) is 51.5. The zero-order chi connectivity index (χ0) is 26.5. The molecular weight excluding hydrogens is 456 g/mol. The van der Waals surface area contributed by atoms with Crippen LogP contribution in [0.1, 0.15) is 72.1 Å². The molecule has 0 radical (unpaired) electrons. The number of nitrogens with zero attached hydrogens (tertiary/aromatic N) is 2. The van der Waals surface area contributed by atoms with Crippen LogP contribution in [0.5, 0.6) is 0 Å². The average Bonchev–Trinajstić information content (AvgIpc) is 2.84. The zero-order valence-corrected chi connectivity index (χ0v) is 21.8. The van der Waals surface area contributed by atoms with E-state index in [4.69, 9.17) is 0 Å². The number of amides is 4. The molecule has 2 N–H and O–H groups in total. The summed E-state index contributed by atoms with van der Waals surface area (Å²) >= 11 is 0. The average molecular weight is 495 g/mol. The molecule has 8 heteroatoms. The maximum atomic E-state index is 12.2. The minimum absolute atomic E-state index is 0.0579. The molecule has 2 rings (SSSR count). The molecular formula is C28H38N4O4. The Labute approximate surface area is 214 Å². The third kappa shape index (κ3) is 9.90. The quantitative estimate of drug-likeness (QED) is 0.391. The van der Waals surface area contributed by atoms with Crippen molar-refractivity contribution in [3.05, 3.63) is 59.7 Å². The number of anilines is 2. The van der Waals surface area contributed by atoms with E-state index in [1.807, 2.05) is 0 Å². The van der Waals surface area contributed by atoms with Crippen molar-refractivity contribution in [3.63, 3.8) is 0 Å². The highest BCUT2D eigenvalue weighted by Gasteiger charge is 2.11. The van der Waals surface area contributed by atoms with Crippen molar-refractivity contribution in [2.24, 2.45) is 0 Å². The molecule has 194 valence electrons. The molecule has 4 amide bonds. The van der Waals surface area contributed by atoms with Crippen LogP contribution < -0.4 is 10.6 Å². The van der Waals surface area contributed by atoms with E-state index in [2.05, 4.69) is 10.6 Å². The molecule has 0 fully saturated rings. The summed E-state index contributed by atoms with van der Waals surface area (Å²) in [5, 5.41) is 5.72. The van der Waals surface area contributed by atoms with Crippen LogP contribution in [0, 0.1) is 0 Å². The van der Waals surface area contributed by atoms with E-state index < -0.39 is 0 Å². The molecule has 0 aliphatic rings. The second-order valence-electron chi connectivity index (χ2n) is 9.28. The van der Waals surface area contributed by atoms with Crippen molar-refractivity contribution in [1.82, 2.24) is 9.80 Å². The molecule has 0 aromatic heterocycles. The summed E-state index contributed by atoms with van der Waals surface area (Å²) in [6.07, 6.45) is 6.38.